The van der Waals surface area contributed by atoms with Gasteiger partial charge in [0.15, 0.2) is 0 Å². The van der Waals surface area contributed by atoms with Gasteiger partial charge in [0.1, 0.15) is 6.04 Å². The van der Waals surface area contributed by atoms with E-state index < -0.39 is 22.0 Å². The summed E-state index contributed by atoms with van der Waals surface area (Å²) in [5, 5.41) is 0. The molecular weight excluding hydrogens is 376 g/mol. The lowest BCUT2D eigenvalue weighted by molar-refractivity contribution is -0.142. The molecule has 6 nitrogen and oxygen atoms in total. The van der Waals surface area contributed by atoms with Crippen molar-refractivity contribution in [1.82, 2.24) is 4.72 Å². The van der Waals surface area contributed by atoms with E-state index in [2.05, 4.69) is 9.46 Å². The van der Waals surface area contributed by atoms with Gasteiger partial charge in [-0.2, -0.15) is 4.72 Å². The van der Waals surface area contributed by atoms with E-state index in [4.69, 9.17) is 5.73 Å². The molecule has 1 unspecified atom stereocenters. The SMILES string of the molecule is COC(=O)C(CN)NS(=O)(=O)c1c(C)cc(-c2ccccc2)cc1C.Cl. The van der Waals surface area contributed by atoms with Crippen LogP contribution in [-0.2, 0) is 19.6 Å². The normalized spacial score (nSPS) is 12.2. The van der Waals surface area contributed by atoms with Crippen molar-refractivity contribution in [3.05, 3.63) is 53.6 Å². The lowest BCUT2D eigenvalue weighted by atomic mass is 10.0. The Hall–Kier alpha value is -1.93. The van der Waals surface area contributed by atoms with E-state index in [1.54, 1.807) is 13.8 Å². The van der Waals surface area contributed by atoms with Crippen molar-refractivity contribution in [2.45, 2.75) is 24.8 Å². The highest BCUT2D eigenvalue weighted by Crippen LogP contribution is 2.28. The van der Waals surface area contributed by atoms with E-state index in [0.29, 0.717) is 11.1 Å². The van der Waals surface area contributed by atoms with Crippen LogP contribution in [0.25, 0.3) is 11.1 Å². The lowest BCUT2D eigenvalue weighted by Gasteiger charge is -2.18. The van der Waals surface area contributed by atoms with Crippen molar-refractivity contribution in [2.75, 3.05) is 13.7 Å². The molecule has 0 aliphatic heterocycles. The summed E-state index contributed by atoms with van der Waals surface area (Å²) in [5.41, 5.74) is 8.59. The molecule has 0 saturated heterocycles. The third-order valence-electron chi connectivity index (χ3n) is 3.85. The molecule has 2 aromatic rings. The number of hydrogen-bond acceptors (Lipinski definition) is 5. The first kappa shape index (κ1) is 22.1. The van der Waals surface area contributed by atoms with Crippen LogP contribution in [0.4, 0.5) is 0 Å². The third kappa shape index (κ3) is 4.82. The predicted molar refractivity (Wildman–Crippen MR) is 104 cm³/mol. The molecule has 0 heterocycles. The van der Waals surface area contributed by atoms with Gasteiger partial charge in [0.25, 0.3) is 0 Å². The predicted octanol–water partition coefficient (Wildman–Crippen LogP) is 2.17. The van der Waals surface area contributed by atoms with Gasteiger partial charge in [-0.15, -0.1) is 12.4 Å². The average molecular weight is 399 g/mol. The second kappa shape index (κ2) is 9.14. The Balaban J connectivity index is 0.00000338. The van der Waals surface area contributed by atoms with Crippen molar-refractivity contribution in [1.29, 1.82) is 0 Å². The van der Waals surface area contributed by atoms with Gasteiger partial charge in [0.05, 0.1) is 12.0 Å². The van der Waals surface area contributed by atoms with E-state index in [9.17, 15) is 13.2 Å². The minimum atomic E-state index is -3.92. The molecule has 3 N–H and O–H groups in total. The highest BCUT2D eigenvalue weighted by molar-refractivity contribution is 7.89. The van der Waals surface area contributed by atoms with Gasteiger partial charge in [-0.05, 0) is 36.1 Å². The maximum absolute atomic E-state index is 12.7. The molecule has 0 amide bonds. The molecule has 0 saturated carbocycles. The maximum Gasteiger partial charge on any atom is 0.325 e. The Labute approximate surface area is 160 Å². The number of esters is 1. The van der Waals surface area contributed by atoms with Crippen molar-refractivity contribution >= 4 is 28.4 Å². The van der Waals surface area contributed by atoms with E-state index in [1.807, 2.05) is 42.5 Å². The Morgan fingerprint density at radius 1 is 1.12 bits per heavy atom. The van der Waals surface area contributed by atoms with Crippen molar-refractivity contribution in [3.63, 3.8) is 0 Å². The number of methoxy groups -OCH3 is 1. The molecule has 142 valence electrons. The van der Waals surface area contributed by atoms with Crippen LogP contribution >= 0.6 is 12.4 Å². The van der Waals surface area contributed by atoms with E-state index in [1.165, 1.54) is 7.11 Å². The lowest BCUT2D eigenvalue weighted by Crippen LogP contribution is -2.46. The molecule has 0 spiro atoms. The summed E-state index contributed by atoms with van der Waals surface area (Å²) in [4.78, 5) is 11.8. The number of aryl methyl sites for hydroxylation is 2. The fourth-order valence-electron chi connectivity index (χ4n) is 2.75. The van der Waals surface area contributed by atoms with Gasteiger partial charge in [-0.1, -0.05) is 42.5 Å². The number of carbonyl (C=O) groups is 1. The Morgan fingerprint density at radius 2 is 1.65 bits per heavy atom. The number of nitrogens with two attached hydrogens (primary N) is 1. The zero-order chi connectivity index (χ0) is 18.6. The van der Waals surface area contributed by atoms with Gasteiger partial charge in [-0.25, -0.2) is 8.42 Å². The van der Waals surface area contributed by atoms with Gasteiger partial charge < -0.3 is 10.5 Å². The second-order valence-corrected chi connectivity index (χ2v) is 7.39. The van der Waals surface area contributed by atoms with Gasteiger partial charge in [0.2, 0.25) is 10.0 Å². The summed E-state index contributed by atoms with van der Waals surface area (Å²) in [6.07, 6.45) is 0. The number of halogens is 1. The van der Waals surface area contributed by atoms with Crippen LogP contribution in [0.2, 0.25) is 0 Å². The molecule has 1 atom stereocenters. The minimum Gasteiger partial charge on any atom is -0.468 e. The Morgan fingerprint density at radius 3 is 2.12 bits per heavy atom. The summed E-state index contributed by atoms with van der Waals surface area (Å²) >= 11 is 0. The van der Waals surface area contributed by atoms with E-state index >= 15 is 0 Å². The summed E-state index contributed by atoms with van der Waals surface area (Å²) in [6.45, 7) is 3.26. The quantitative estimate of drug-likeness (QED) is 0.726. The first-order valence-corrected chi connectivity index (χ1v) is 9.25. The summed E-state index contributed by atoms with van der Waals surface area (Å²) in [6, 6.07) is 12.2. The third-order valence-corrected chi connectivity index (χ3v) is 5.63. The fourth-order valence-corrected chi connectivity index (χ4v) is 4.40. The van der Waals surface area contributed by atoms with Crippen LogP contribution in [0.5, 0.6) is 0 Å². The van der Waals surface area contributed by atoms with Gasteiger partial charge in [-0.3, -0.25) is 4.79 Å². The smallest absolute Gasteiger partial charge is 0.325 e. The fraction of sp³-hybridized carbons (Fsp3) is 0.278. The highest BCUT2D eigenvalue weighted by atomic mass is 35.5. The van der Waals surface area contributed by atoms with Crippen LogP contribution in [0.15, 0.2) is 47.4 Å². The second-order valence-electron chi connectivity index (χ2n) is 5.74. The zero-order valence-electron chi connectivity index (χ0n) is 14.9. The summed E-state index contributed by atoms with van der Waals surface area (Å²) < 4.78 is 32.4. The largest absolute Gasteiger partial charge is 0.468 e. The molecule has 0 fully saturated rings. The Kier molecular flexibility index (Phi) is 7.77. The van der Waals surface area contributed by atoms with Crippen LogP contribution in [0.3, 0.4) is 0 Å². The summed E-state index contributed by atoms with van der Waals surface area (Å²) in [5.74, 6) is -0.720. The van der Waals surface area contributed by atoms with Crippen LogP contribution < -0.4 is 10.5 Å². The maximum atomic E-state index is 12.7. The standard InChI is InChI=1S/C18H22N2O4S.ClH/c1-12-9-15(14-7-5-4-6-8-14)10-13(2)17(12)25(22,23)20-16(11-19)18(21)24-3;/h4-10,16,20H,11,19H2,1-3H3;1H. The monoisotopic (exact) mass is 398 g/mol. The molecule has 0 radical (unpaired) electrons. The van der Waals surface area contributed by atoms with E-state index in [0.717, 1.165) is 11.1 Å². The molecular formula is C18H23ClN2O4S. The number of rotatable bonds is 6. The molecule has 2 aromatic carbocycles. The highest BCUT2D eigenvalue weighted by Gasteiger charge is 2.27. The van der Waals surface area contributed by atoms with Crippen molar-refractivity contribution in [2.24, 2.45) is 5.73 Å². The molecule has 8 heteroatoms. The number of ether oxygens (including phenoxy) is 1. The minimum absolute atomic E-state index is 0. The molecule has 26 heavy (non-hydrogen) atoms. The Bertz CT molecular complexity index is 847. The van der Waals surface area contributed by atoms with Crippen molar-refractivity contribution in [3.8, 4) is 11.1 Å². The van der Waals surface area contributed by atoms with Crippen LogP contribution in [0, 0.1) is 13.8 Å². The number of hydrogen-bond donors (Lipinski definition) is 2. The topological polar surface area (TPSA) is 98.5 Å². The molecule has 0 bridgehead atoms. The number of benzene rings is 2. The number of carbonyl (C=O) groups excluding carboxylic acids is 1. The molecule has 0 aliphatic carbocycles. The van der Waals surface area contributed by atoms with Crippen LogP contribution in [-0.4, -0.2) is 34.1 Å². The molecule has 0 aromatic heterocycles. The molecule has 2 rings (SSSR count). The van der Waals surface area contributed by atoms with Crippen molar-refractivity contribution < 1.29 is 17.9 Å². The summed E-state index contributed by atoms with van der Waals surface area (Å²) in [7, 11) is -2.73. The first-order chi connectivity index (χ1) is 11.8. The van der Waals surface area contributed by atoms with Crippen LogP contribution in [0.1, 0.15) is 11.1 Å². The van der Waals surface area contributed by atoms with Gasteiger partial charge in [0, 0.05) is 6.54 Å². The number of nitrogens with one attached hydrogen (secondary N) is 1. The average Bonchev–Trinajstić information content (AvgIpc) is 2.58. The number of sulfonamides is 1. The molecule has 0 aliphatic rings. The zero-order valence-corrected chi connectivity index (χ0v) is 16.5. The van der Waals surface area contributed by atoms with Gasteiger partial charge >= 0.3 is 5.97 Å². The van der Waals surface area contributed by atoms with E-state index in [-0.39, 0.29) is 23.8 Å². The first-order valence-electron chi connectivity index (χ1n) is 7.77.